The van der Waals surface area contributed by atoms with Crippen molar-refractivity contribution in [1.82, 2.24) is 14.8 Å². The molecule has 2 aromatic rings. The Bertz CT molecular complexity index is 438. The third-order valence-corrected chi connectivity index (χ3v) is 2.47. The number of hydrogen-bond donors (Lipinski definition) is 1. The number of benzene rings is 1. The van der Waals surface area contributed by atoms with Crippen LogP contribution in [0.5, 0.6) is 5.75 Å². The summed E-state index contributed by atoms with van der Waals surface area (Å²) in [6.45, 7) is 3.25. The topological polar surface area (TPSA) is 66.0 Å². The largest absolute Gasteiger partial charge is 0.494 e. The van der Waals surface area contributed by atoms with Gasteiger partial charge in [0, 0.05) is 6.04 Å². The molecule has 5 nitrogen and oxygen atoms in total. The van der Waals surface area contributed by atoms with Gasteiger partial charge in [0.2, 0.25) is 0 Å². The second-order valence-electron chi connectivity index (χ2n) is 3.73. The highest BCUT2D eigenvalue weighted by Gasteiger charge is 2.07. The van der Waals surface area contributed by atoms with Crippen LogP contribution in [0.15, 0.2) is 36.9 Å². The zero-order valence-corrected chi connectivity index (χ0v) is 9.78. The van der Waals surface area contributed by atoms with Gasteiger partial charge in [-0.05, 0) is 24.6 Å². The van der Waals surface area contributed by atoms with Gasteiger partial charge in [-0.2, -0.15) is 5.10 Å². The summed E-state index contributed by atoms with van der Waals surface area (Å²) >= 11 is 0. The fraction of sp³-hybridized carbons (Fsp3) is 0.333. The van der Waals surface area contributed by atoms with Gasteiger partial charge in [0.25, 0.3) is 0 Å². The standard InChI is InChI=1S/C12H16N4O/c1-2-17-11-5-3-10(4-6-11)12(13)7-16-9-14-8-15-16/h3-6,8-9,12H,2,7,13H2,1H3. The Kier molecular flexibility index (Phi) is 3.72. The van der Waals surface area contributed by atoms with E-state index in [0.29, 0.717) is 13.2 Å². The lowest BCUT2D eigenvalue weighted by Crippen LogP contribution is -2.17. The van der Waals surface area contributed by atoms with E-state index in [1.165, 1.54) is 6.33 Å². The van der Waals surface area contributed by atoms with E-state index < -0.39 is 0 Å². The Labute approximate surface area is 100 Å². The Balaban J connectivity index is 2.01. The van der Waals surface area contributed by atoms with Gasteiger partial charge in [-0.25, -0.2) is 4.98 Å². The molecule has 0 saturated carbocycles. The van der Waals surface area contributed by atoms with Crippen LogP contribution >= 0.6 is 0 Å². The van der Waals surface area contributed by atoms with Crippen LogP contribution < -0.4 is 10.5 Å². The minimum absolute atomic E-state index is 0.0904. The molecule has 17 heavy (non-hydrogen) atoms. The van der Waals surface area contributed by atoms with Crippen LogP contribution in [0.4, 0.5) is 0 Å². The molecule has 1 heterocycles. The van der Waals surface area contributed by atoms with Crippen molar-refractivity contribution in [2.24, 2.45) is 5.73 Å². The Morgan fingerprint density at radius 2 is 2.12 bits per heavy atom. The first-order valence-corrected chi connectivity index (χ1v) is 5.60. The second-order valence-corrected chi connectivity index (χ2v) is 3.73. The quantitative estimate of drug-likeness (QED) is 0.845. The van der Waals surface area contributed by atoms with Crippen LogP contribution in [0.1, 0.15) is 18.5 Å². The molecule has 0 fully saturated rings. The average molecular weight is 232 g/mol. The maximum atomic E-state index is 6.08. The molecule has 5 heteroatoms. The maximum Gasteiger partial charge on any atom is 0.137 e. The Hall–Kier alpha value is -1.88. The SMILES string of the molecule is CCOc1ccc(C(N)Cn2cncn2)cc1. The molecular formula is C12H16N4O. The predicted molar refractivity (Wildman–Crippen MR) is 64.6 cm³/mol. The summed E-state index contributed by atoms with van der Waals surface area (Å²) in [6, 6.07) is 7.73. The molecule has 1 unspecified atom stereocenters. The van der Waals surface area contributed by atoms with E-state index in [0.717, 1.165) is 11.3 Å². The fourth-order valence-corrected chi connectivity index (χ4v) is 1.61. The van der Waals surface area contributed by atoms with Gasteiger partial charge in [0.1, 0.15) is 18.4 Å². The zero-order valence-electron chi connectivity index (χ0n) is 9.78. The number of nitrogens with zero attached hydrogens (tertiary/aromatic N) is 3. The number of ether oxygens (including phenoxy) is 1. The third-order valence-electron chi connectivity index (χ3n) is 2.47. The Morgan fingerprint density at radius 3 is 2.71 bits per heavy atom. The van der Waals surface area contributed by atoms with Gasteiger partial charge in [-0.3, -0.25) is 4.68 Å². The monoisotopic (exact) mass is 232 g/mol. The predicted octanol–water partition coefficient (Wildman–Crippen LogP) is 1.38. The van der Waals surface area contributed by atoms with E-state index >= 15 is 0 Å². The van der Waals surface area contributed by atoms with Crippen molar-refractivity contribution >= 4 is 0 Å². The number of nitrogens with two attached hydrogens (primary N) is 1. The maximum absolute atomic E-state index is 6.08. The summed E-state index contributed by atoms with van der Waals surface area (Å²) in [5, 5.41) is 4.03. The van der Waals surface area contributed by atoms with Crippen molar-refractivity contribution in [3.63, 3.8) is 0 Å². The highest BCUT2D eigenvalue weighted by molar-refractivity contribution is 5.28. The van der Waals surface area contributed by atoms with Gasteiger partial charge in [0.05, 0.1) is 13.2 Å². The highest BCUT2D eigenvalue weighted by atomic mass is 16.5. The minimum Gasteiger partial charge on any atom is -0.494 e. The number of hydrogen-bond acceptors (Lipinski definition) is 4. The molecule has 0 bridgehead atoms. The molecule has 0 radical (unpaired) electrons. The smallest absolute Gasteiger partial charge is 0.137 e. The molecule has 0 spiro atoms. The number of aromatic nitrogens is 3. The van der Waals surface area contributed by atoms with Gasteiger partial charge in [0.15, 0.2) is 0 Å². The fourth-order valence-electron chi connectivity index (χ4n) is 1.61. The van der Waals surface area contributed by atoms with Crippen molar-refractivity contribution in [2.75, 3.05) is 6.61 Å². The summed E-state index contributed by atoms with van der Waals surface area (Å²) in [6.07, 6.45) is 3.17. The Morgan fingerprint density at radius 1 is 1.35 bits per heavy atom. The summed E-state index contributed by atoms with van der Waals surface area (Å²) < 4.78 is 7.10. The van der Waals surface area contributed by atoms with Crippen LogP contribution in [-0.2, 0) is 6.54 Å². The van der Waals surface area contributed by atoms with Crippen molar-refractivity contribution in [2.45, 2.75) is 19.5 Å². The average Bonchev–Trinajstić information content (AvgIpc) is 2.83. The van der Waals surface area contributed by atoms with E-state index in [1.54, 1.807) is 11.0 Å². The van der Waals surface area contributed by atoms with E-state index in [1.807, 2.05) is 31.2 Å². The molecule has 0 aliphatic rings. The second kappa shape index (κ2) is 5.45. The molecule has 1 aromatic heterocycles. The van der Waals surface area contributed by atoms with Crippen molar-refractivity contribution in [1.29, 1.82) is 0 Å². The van der Waals surface area contributed by atoms with E-state index in [4.69, 9.17) is 10.5 Å². The number of rotatable bonds is 5. The van der Waals surface area contributed by atoms with Gasteiger partial charge in [-0.1, -0.05) is 12.1 Å². The van der Waals surface area contributed by atoms with Crippen LogP contribution in [-0.4, -0.2) is 21.4 Å². The molecule has 0 aliphatic carbocycles. The highest BCUT2D eigenvalue weighted by Crippen LogP contribution is 2.17. The van der Waals surface area contributed by atoms with Gasteiger partial charge in [-0.15, -0.1) is 0 Å². The minimum atomic E-state index is -0.0904. The molecule has 0 saturated heterocycles. The first-order chi connectivity index (χ1) is 8.29. The molecule has 2 N–H and O–H groups in total. The van der Waals surface area contributed by atoms with Crippen molar-refractivity contribution in [3.05, 3.63) is 42.5 Å². The molecule has 1 atom stereocenters. The van der Waals surface area contributed by atoms with E-state index in [-0.39, 0.29) is 6.04 Å². The lowest BCUT2D eigenvalue weighted by molar-refractivity contribution is 0.340. The zero-order chi connectivity index (χ0) is 12.1. The van der Waals surface area contributed by atoms with E-state index in [2.05, 4.69) is 10.1 Å². The molecular weight excluding hydrogens is 216 g/mol. The van der Waals surface area contributed by atoms with Crippen LogP contribution in [0.2, 0.25) is 0 Å². The van der Waals surface area contributed by atoms with Crippen LogP contribution in [0, 0.1) is 0 Å². The van der Waals surface area contributed by atoms with Crippen LogP contribution in [0.3, 0.4) is 0 Å². The normalized spacial score (nSPS) is 12.4. The molecule has 0 aliphatic heterocycles. The summed E-state index contributed by atoms with van der Waals surface area (Å²) in [5.41, 5.74) is 7.14. The first-order valence-electron chi connectivity index (χ1n) is 5.60. The molecule has 2 rings (SSSR count). The summed E-state index contributed by atoms with van der Waals surface area (Å²) in [7, 11) is 0. The summed E-state index contributed by atoms with van der Waals surface area (Å²) in [5.74, 6) is 0.865. The van der Waals surface area contributed by atoms with E-state index in [9.17, 15) is 0 Å². The third kappa shape index (κ3) is 3.04. The van der Waals surface area contributed by atoms with Gasteiger partial charge < -0.3 is 10.5 Å². The lowest BCUT2D eigenvalue weighted by Gasteiger charge is -2.12. The molecule has 90 valence electrons. The lowest BCUT2D eigenvalue weighted by atomic mass is 10.1. The molecule has 1 aromatic carbocycles. The van der Waals surface area contributed by atoms with Crippen molar-refractivity contribution in [3.8, 4) is 5.75 Å². The first kappa shape index (κ1) is 11.6. The van der Waals surface area contributed by atoms with Gasteiger partial charge >= 0.3 is 0 Å². The molecule has 0 amide bonds. The van der Waals surface area contributed by atoms with Crippen LogP contribution in [0.25, 0.3) is 0 Å². The van der Waals surface area contributed by atoms with Crippen molar-refractivity contribution < 1.29 is 4.74 Å². The summed E-state index contributed by atoms with van der Waals surface area (Å²) in [4.78, 5) is 3.88.